The van der Waals surface area contributed by atoms with Crippen molar-refractivity contribution in [2.75, 3.05) is 0 Å². The summed E-state index contributed by atoms with van der Waals surface area (Å²) in [5.41, 5.74) is 5.80. The summed E-state index contributed by atoms with van der Waals surface area (Å²) in [5.74, 6) is 0.371. The van der Waals surface area contributed by atoms with Crippen molar-refractivity contribution in [2.24, 2.45) is 0 Å². The van der Waals surface area contributed by atoms with Gasteiger partial charge in [0, 0.05) is 5.02 Å². The van der Waals surface area contributed by atoms with E-state index in [0.717, 1.165) is 21.7 Å². The highest BCUT2D eigenvalue weighted by Crippen LogP contribution is 2.36. The summed E-state index contributed by atoms with van der Waals surface area (Å²) in [7, 11) is 0. The van der Waals surface area contributed by atoms with E-state index >= 15 is 0 Å². The van der Waals surface area contributed by atoms with E-state index < -0.39 is 0 Å². The molecule has 1 nitrogen and oxygen atoms in total. The molecule has 0 bridgehead atoms. The maximum Gasteiger partial charge on any atom is 0.0690 e. The second kappa shape index (κ2) is 6.44. The predicted molar refractivity (Wildman–Crippen MR) is 95.6 cm³/mol. The first kappa shape index (κ1) is 17.1. The van der Waals surface area contributed by atoms with Gasteiger partial charge in [0.25, 0.3) is 0 Å². The lowest BCUT2D eigenvalue weighted by molar-refractivity contribution is 0.280. The van der Waals surface area contributed by atoms with E-state index in [1.165, 1.54) is 11.1 Å². The summed E-state index contributed by atoms with van der Waals surface area (Å²) in [5, 5.41) is 10.7. The van der Waals surface area contributed by atoms with E-state index in [1.807, 2.05) is 24.3 Å². The molecule has 118 valence electrons. The van der Waals surface area contributed by atoms with Crippen molar-refractivity contribution >= 4 is 11.6 Å². The highest BCUT2D eigenvalue weighted by Gasteiger charge is 2.20. The molecule has 2 rings (SSSR count). The topological polar surface area (TPSA) is 20.2 Å². The van der Waals surface area contributed by atoms with Crippen LogP contribution < -0.4 is 0 Å². The smallest absolute Gasteiger partial charge is 0.0690 e. The lowest BCUT2D eigenvalue weighted by Crippen LogP contribution is -2.13. The molecule has 0 unspecified atom stereocenters. The SMILES string of the molecule is CC(C)c1cc(C(C)(C)C)cc(-c2ccc(Cl)cc2)c1CO. The standard InChI is InChI=1S/C20H25ClO/c1-13(2)17-10-15(20(3,4)5)11-18(19(17)12-22)14-6-8-16(21)9-7-14/h6-11,13,22H,12H2,1-5H3. The molecule has 1 N–H and O–H groups in total. The lowest BCUT2D eigenvalue weighted by Gasteiger charge is -2.25. The first-order valence-electron chi connectivity index (χ1n) is 7.78. The number of hydrogen-bond acceptors (Lipinski definition) is 1. The van der Waals surface area contributed by atoms with E-state index in [2.05, 4.69) is 46.8 Å². The first-order chi connectivity index (χ1) is 10.2. The number of aliphatic hydroxyl groups is 1. The molecule has 0 aliphatic heterocycles. The lowest BCUT2D eigenvalue weighted by atomic mass is 9.80. The van der Waals surface area contributed by atoms with Crippen molar-refractivity contribution < 1.29 is 5.11 Å². The fraction of sp³-hybridized carbons (Fsp3) is 0.400. The molecule has 0 spiro atoms. The van der Waals surface area contributed by atoms with Crippen molar-refractivity contribution in [3.8, 4) is 11.1 Å². The van der Waals surface area contributed by atoms with Crippen molar-refractivity contribution in [3.05, 3.63) is 58.1 Å². The first-order valence-corrected chi connectivity index (χ1v) is 8.16. The summed E-state index contributed by atoms with van der Waals surface area (Å²) in [6.45, 7) is 11.1. The van der Waals surface area contributed by atoms with Crippen LogP contribution in [0.15, 0.2) is 36.4 Å². The zero-order valence-corrected chi connectivity index (χ0v) is 14.8. The number of halogens is 1. The Hall–Kier alpha value is -1.31. The van der Waals surface area contributed by atoms with Gasteiger partial charge in [-0.05, 0) is 51.3 Å². The van der Waals surface area contributed by atoms with E-state index in [4.69, 9.17) is 11.6 Å². The van der Waals surface area contributed by atoms with Crippen LogP contribution in [-0.4, -0.2) is 5.11 Å². The maximum atomic E-state index is 9.93. The van der Waals surface area contributed by atoms with Crippen LogP contribution in [0, 0.1) is 0 Å². The van der Waals surface area contributed by atoms with Gasteiger partial charge in [-0.15, -0.1) is 0 Å². The van der Waals surface area contributed by atoms with E-state index in [-0.39, 0.29) is 12.0 Å². The number of benzene rings is 2. The van der Waals surface area contributed by atoms with Crippen LogP contribution in [0.1, 0.15) is 57.2 Å². The van der Waals surface area contributed by atoms with Crippen LogP contribution in [0.4, 0.5) is 0 Å². The number of hydrogen-bond donors (Lipinski definition) is 1. The van der Waals surface area contributed by atoms with Gasteiger partial charge in [0.15, 0.2) is 0 Å². The minimum absolute atomic E-state index is 0.0515. The van der Waals surface area contributed by atoms with E-state index in [0.29, 0.717) is 5.92 Å². The Morgan fingerprint density at radius 3 is 2.09 bits per heavy atom. The van der Waals surface area contributed by atoms with Crippen LogP contribution in [0.25, 0.3) is 11.1 Å². The minimum Gasteiger partial charge on any atom is -0.392 e. The molecule has 0 aliphatic rings. The third-order valence-electron chi connectivity index (χ3n) is 4.09. The maximum absolute atomic E-state index is 9.93. The molecule has 0 saturated heterocycles. The molecule has 2 aromatic rings. The van der Waals surface area contributed by atoms with Crippen LogP contribution in [0.2, 0.25) is 5.02 Å². The zero-order chi connectivity index (χ0) is 16.5. The molecule has 22 heavy (non-hydrogen) atoms. The van der Waals surface area contributed by atoms with Crippen LogP contribution in [-0.2, 0) is 12.0 Å². The molecule has 0 amide bonds. The van der Waals surface area contributed by atoms with E-state index in [9.17, 15) is 5.11 Å². The summed E-state index contributed by atoms with van der Waals surface area (Å²) >= 11 is 6.01. The molecule has 0 atom stereocenters. The van der Waals surface area contributed by atoms with Gasteiger partial charge in [0.2, 0.25) is 0 Å². The Kier molecular flexibility index (Phi) is 4.99. The summed E-state index contributed by atoms with van der Waals surface area (Å²) in [4.78, 5) is 0. The van der Waals surface area contributed by atoms with Crippen molar-refractivity contribution in [1.82, 2.24) is 0 Å². The van der Waals surface area contributed by atoms with Crippen molar-refractivity contribution in [2.45, 2.75) is 52.6 Å². The van der Waals surface area contributed by atoms with Gasteiger partial charge >= 0.3 is 0 Å². The molecular weight excluding hydrogens is 292 g/mol. The van der Waals surface area contributed by atoms with Crippen LogP contribution in [0.5, 0.6) is 0 Å². The largest absolute Gasteiger partial charge is 0.392 e. The van der Waals surface area contributed by atoms with Gasteiger partial charge in [-0.3, -0.25) is 0 Å². The number of rotatable bonds is 3. The third-order valence-corrected chi connectivity index (χ3v) is 4.34. The molecule has 0 fully saturated rings. The fourth-order valence-electron chi connectivity index (χ4n) is 2.71. The fourth-order valence-corrected chi connectivity index (χ4v) is 2.83. The number of aliphatic hydroxyl groups excluding tert-OH is 1. The molecular formula is C20H25ClO. The van der Waals surface area contributed by atoms with Crippen molar-refractivity contribution in [3.63, 3.8) is 0 Å². The Balaban J connectivity index is 2.74. The van der Waals surface area contributed by atoms with E-state index in [1.54, 1.807) is 0 Å². The quantitative estimate of drug-likeness (QED) is 0.745. The highest BCUT2D eigenvalue weighted by atomic mass is 35.5. The summed E-state index contributed by atoms with van der Waals surface area (Å²) in [6, 6.07) is 12.3. The third kappa shape index (κ3) is 3.53. The van der Waals surface area contributed by atoms with Crippen LogP contribution in [0.3, 0.4) is 0 Å². The monoisotopic (exact) mass is 316 g/mol. The minimum atomic E-state index is 0.0515. The van der Waals surface area contributed by atoms with Gasteiger partial charge in [-0.25, -0.2) is 0 Å². The van der Waals surface area contributed by atoms with Gasteiger partial charge in [0.1, 0.15) is 0 Å². The van der Waals surface area contributed by atoms with Gasteiger partial charge in [-0.2, -0.15) is 0 Å². The average molecular weight is 317 g/mol. The second-order valence-electron chi connectivity index (χ2n) is 7.16. The predicted octanol–water partition coefficient (Wildman–Crippen LogP) is 5.92. The van der Waals surface area contributed by atoms with Gasteiger partial charge in [0.05, 0.1) is 6.61 Å². The Morgan fingerprint density at radius 1 is 1.05 bits per heavy atom. The zero-order valence-electron chi connectivity index (χ0n) is 14.1. The molecule has 0 aliphatic carbocycles. The molecule has 0 saturated carbocycles. The van der Waals surface area contributed by atoms with Crippen LogP contribution >= 0.6 is 11.6 Å². The van der Waals surface area contributed by atoms with Crippen molar-refractivity contribution in [1.29, 1.82) is 0 Å². The molecule has 0 aromatic heterocycles. The molecule has 0 heterocycles. The Morgan fingerprint density at radius 2 is 1.64 bits per heavy atom. The molecule has 0 radical (unpaired) electrons. The highest BCUT2D eigenvalue weighted by molar-refractivity contribution is 6.30. The Labute approximate surface area is 139 Å². The summed E-state index contributed by atoms with van der Waals surface area (Å²) in [6.07, 6.45) is 0. The summed E-state index contributed by atoms with van der Waals surface area (Å²) < 4.78 is 0. The average Bonchev–Trinajstić information content (AvgIpc) is 2.45. The molecule has 2 heteroatoms. The second-order valence-corrected chi connectivity index (χ2v) is 7.60. The van der Waals surface area contributed by atoms with Gasteiger partial charge < -0.3 is 5.11 Å². The van der Waals surface area contributed by atoms with Gasteiger partial charge in [-0.1, -0.05) is 70.5 Å². The molecule has 2 aromatic carbocycles. The normalized spacial score (nSPS) is 12.0. The Bertz CT molecular complexity index is 649.